The number of rotatable bonds is 2. The Labute approximate surface area is 89.8 Å². The molecule has 0 radical (unpaired) electrons. The maximum absolute atomic E-state index is 3.90. The molecule has 1 rings (SSSR count). The minimum Gasteiger partial charge on any atom is -0.103 e. The van der Waals surface area contributed by atoms with Gasteiger partial charge in [-0.15, -0.1) is 6.58 Å². The SMILES string of the molecule is C=CCC1(C)CC(C)(C)CC(C)(C)C1. The van der Waals surface area contributed by atoms with Crippen molar-refractivity contribution in [3.05, 3.63) is 12.7 Å². The average Bonchev–Trinajstić information content (AvgIpc) is 1.75. The van der Waals surface area contributed by atoms with Crippen LogP contribution in [0, 0.1) is 16.2 Å². The lowest BCUT2D eigenvalue weighted by Crippen LogP contribution is -2.39. The Morgan fingerprint density at radius 2 is 1.36 bits per heavy atom. The molecular formula is C14H26. The van der Waals surface area contributed by atoms with Crippen LogP contribution < -0.4 is 0 Å². The summed E-state index contributed by atoms with van der Waals surface area (Å²) in [5.74, 6) is 0. The van der Waals surface area contributed by atoms with Crippen molar-refractivity contribution in [3.63, 3.8) is 0 Å². The van der Waals surface area contributed by atoms with Crippen LogP contribution in [0.15, 0.2) is 12.7 Å². The van der Waals surface area contributed by atoms with Crippen molar-refractivity contribution in [2.45, 2.75) is 60.3 Å². The third kappa shape index (κ3) is 2.87. The van der Waals surface area contributed by atoms with E-state index in [0.717, 1.165) is 0 Å². The van der Waals surface area contributed by atoms with Crippen LogP contribution in [0.25, 0.3) is 0 Å². The van der Waals surface area contributed by atoms with Gasteiger partial charge in [0.1, 0.15) is 0 Å². The van der Waals surface area contributed by atoms with Crippen molar-refractivity contribution in [2.75, 3.05) is 0 Å². The van der Waals surface area contributed by atoms with Crippen LogP contribution in [0.3, 0.4) is 0 Å². The lowest BCUT2D eigenvalue weighted by atomic mass is 9.55. The summed E-state index contributed by atoms with van der Waals surface area (Å²) >= 11 is 0. The van der Waals surface area contributed by atoms with Gasteiger partial charge in [0, 0.05) is 0 Å². The minimum absolute atomic E-state index is 0.479. The van der Waals surface area contributed by atoms with Gasteiger partial charge in [0.25, 0.3) is 0 Å². The fourth-order valence-corrected chi connectivity index (χ4v) is 4.29. The predicted octanol–water partition coefficient (Wildman–Crippen LogP) is 4.81. The van der Waals surface area contributed by atoms with E-state index < -0.39 is 0 Å². The van der Waals surface area contributed by atoms with E-state index >= 15 is 0 Å². The van der Waals surface area contributed by atoms with Crippen molar-refractivity contribution in [2.24, 2.45) is 16.2 Å². The van der Waals surface area contributed by atoms with Gasteiger partial charge in [0.05, 0.1) is 0 Å². The Kier molecular flexibility index (Phi) is 2.87. The van der Waals surface area contributed by atoms with Crippen LogP contribution >= 0.6 is 0 Å². The zero-order valence-corrected chi connectivity index (χ0v) is 10.6. The van der Waals surface area contributed by atoms with E-state index in [1.165, 1.54) is 25.7 Å². The largest absolute Gasteiger partial charge is 0.103 e. The summed E-state index contributed by atoms with van der Waals surface area (Å²) in [6, 6.07) is 0. The summed E-state index contributed by atoms with van der Waals surface area (Å²) in [7, 11) is 0. The van der Waals surface area contributed by atoms with Crippen LogP contribution in [0.4, 0.5) is 0 Å². The first kappa shape index (κ1) is 11.8. The van der Waals surface area contributed by atoms with Gasteiger partial charge in [-0.3, -0.25) is 0 Å². The summed E-state index contributed by atoms with van der Waals surface area (Å²) in [5.41, 5.74) is 1.48. The molecule has 0 bridgehead atoms. The molecule has 0 saturated heterocycles. The molecule has 1 fully saturated rings. The molecule has 0 heterocycles. The maximum atomic E-state index is 3.90. The van der Waals surface area contributed by atoms with E-state index in [1.54, 1.807) is 0 Å². The Morgan fingerprint density at radius 1 is 0.929 bits per heavy atom. The highest BCUT2D eigenvalue weighted by Gasteiger charge is 2.43. The third-order valence-electron chi connectivity index (χ3n) is 3.40. The van der Waals surface area contributed by atoms with Crippen molar-refractivity contribution >= 4 is 0 Å². The van der Waals surface area contributed by atoms with Crippen LogP contribution in [-0.2, 0) is 0 Å². The zero-order chi connectivity index (χ0) is 11.0. The van der Waals surface area contributed by atoms with Crippen molar-refractivity contribution in [1.29, 1.82) is 0 Å². The molecular weight excluding hydrogens is 168 g/mol. The Bertz CT molecular complexity index is 204. The highest BCUT2D eigenvalue weighted by Crippen LogP contribution is 2.55. The monoisotopic (exact) mass is 194 g/mol. The molecule has 0 spiro atoms. The first-order valence-electron chi connectivity index (χ1n) is 5.79. The van der Waals surface area contributed by atoms with E-state index in [4.69, 9.17) is 0 Å². The van der Waals surface area contributed by atoms with Gasteiger partial charge in [-0.1, -0.05) is 40.7 Å². The summed E-state index contributed by atoms with van der Waals surface area (Å²) in [5, 5.41) is 0. The molecule has 0 unspecified atom stereocenters. The highest BCUT2D eigenvalue weighted by molar-refractivity contribution is 4.97. The fourth-order valence-electron chi connectivity index (χ4n) is 4.29. The second kappa shape index (κ2) is 3.40. The molecule has 1 saturated carbocycles. The third-order valence-corrected chi connectivity index (χ3v) is 3.40. The Hall–Kier alpha value is -0.260. The smallest absolute Gasteiger partial charge is 0.0281 e. The highest BCUT2D eigenvalue weighted by atomic mass is 14.5. The summed E-state index contributed by atoms with van der Waals surface area (Å²) in [4.78, 5) is 0. The van der Waals surface area contributed by atoms with Gasteiger partial charge in [-0.2, -0.15) is 0 Å². The topological polar surface area (TPSA) is 0 Å². The normalized spacial score (nSPS) is 28.4. The van der Waals surface area contributed by atoms with Crippen molar-refractivity contribution < 1.29 is 0 Å². The maximum Gasteiger partial charge on any atom is -0.0281 e. The molecule has 0 N–H and O–H groups in total. The summed E-state index contributed by atoms with van der Waals surface area (Å²) in [6.45, 7) is 16.0. The number of hydrogen-bond acceptors (Lipinski definition) is 0. The lowest BCUT2D eigenvalue weighted by molar-refractivity contribution is 0.0108. The molecule has 0 amide bonds. The number of allylic oxidation sites excluding steroid dienone is 1. The quantitative estimate of drug-likeness (QED) is 0.554. The molecule has 14 heavy (non-hydrogen) atoms. The standard InChI is InChI=1S/C14H26/c1-7-8-14(6)10-12(2,3)9-13(4,5)11-14/h7H,1,8-11H2,2-6H3. The summed E-state index contributed by atoms with van der Waals surface area (Å²) < 4.78 is 0. The predicted molar refractivity (Wildman–Crippen MR) is 64.3 cm³/mol. The van der Waals surface area contributed by atoms with Gasteiger partial charge in [-0.05, 0) is 41.9 Å². The molecule has 0 atom stereocenters. The number of hydrogen-bond donors (Lipinski definition) is 0. The minimum atomic E-state index is 0.479. The molecule has 0 aromatic carbocycles. The van der Waals surface area contributed by atoms with Crippen LogP contribution in [0.1, 0.15) is 60.3 Å². The molecule has 0 aromatic heterocycles. The van der Waals surface area contributed by atoms with E-state index in [1.807, 2.05) is 0 Å². The van der Waals surface area contributed by atoms with E-state index in [0.29, 0.717) is 16.2 Å². The van der Waals surface area contributed by atoms with E-state index in [-0.39, 0.29) is 0 Å². The van der Waals surface area contributed by atoms with Crippen molar-refractivity contribution in [1.82, 2.24) is 0 Å². The van der Waals surface area contributed by atoms with Crippen LogP contribution in [0.2, 0.25) is 0 Å². The van der Waals surface area contributed by atoms with Gasteiger partial charge < -0.3 is 0 Å². The second-order valence-corrected chi connectivity index (χ2v) is 7.16. The first-order valence-corrected chi connectivity index (χ1v) is 5.79. The zero-order valence-electron chi connectivity index (χ0n) is 10.6. The van der Waals surface area contributed by atoms with Crippen molar-refractivity contribution in [3.8, 4) is 0 Å². The molecule has 1 aliphatic rings. The molecule has 1 aliphatic carbocycles. The molecule has 0 nitrogen and oxygen atoms in total. The molecule has 0 aromatic rings. The molecule has 0 aliphatic heterocycles. The molecule has 0 heteroatoms. The molecule has 82 valence electrons. The van der Waals surface area contributed by atoms with Gasteiger partial charge >= 0.3 is 0 Å². The summed E-state index contributed by atoms with van der Waals surface area (Å²) in [6.07, 6.45) is 7.30. The fraction of sp³-hybridized carbons (Fsp3) is 0.857. The van der Waals surface area contributed by atoms with Crippen LogP contribution in [0.5, 0.6) is 0 Å². The second-order valence-electron chi connectivity index (χ2n) is 7.16. The van der Waals surface area contributed by atoms with Gasteiger partial charge in [-0.25, -0.2) is 0 Å². The first-order chi connectivity index (χ1) is 6.18. The van der Waals surface area contributed by atoms with E-state index in [9.17, 15) is 0 Å². The van der Waals surface area contributed by atoms with E-state index in [2.05, 4.69) is 47.3 Å². The van der Waals surface area contributed by atoms with Gasteiger partial charge in [0.2, 0.25) is 0 Å². The Balaban J connectivity index is 2.85. The lowest BCUT2D eigenvalue weighted by Gasteiger charge is -2.50. The van der Waals surface area contributed by atoms with Crippen LogP contribution in [-0.4, -0.2) is 0 Å². The average molecular weight is 194 g/mol. The van der Waals surface area contributed by atoms with Gasteiger partial charge in [0.15, 0.2) is 0 Å². The Morgan fingerprint density at radius 3 is 1.71 bits per heavy atom.